The summed E-state index contributed by atoms with van der Waals surface area (Å²) in [6.45, 7) is 13.4. The number of rotatable bonds is 5. The van der Waals surface area contributed by atoms with E-state index in [9.17, 15) is 0 Å². The normalized spacial score (nSPS) is 40.7. The fourth-order valence-corrected chi connectivity index (χ4v) is 4.24. The minimum absolute atomic E-state index is 0.777. The predicted molar refractivity (Wildman–Crippen MR) is 83.4 cm³/mol. The van der Waals surface area contributed by atoms with E-state index >= 15 is 0 Å². The minimum atomic E-state index is 0.777. The molecule has 0 aromatic heterocycles. The monoisotopic (exact) mass is 266 g/mol. The lowest BCUT2D eigenvalue weighted by Gasteiger charge is -2.38. The average molecular weight is 266 g/mol. The van der Waals surface area contributed by atoms with Gasteiger partial charge >= 0.3 is 0 Å². The lowest BCUT2D eigenvalue weighted by Crippen LogP contribution is -2.46. The zero-order chi connectivity index (χ0) is 13.8. The topological polar surface area (TPSA) is 15.3 Å². The quantitative estimate of drug-likeness (QED) is 0.819. The highest BCUT2D eigenvalue weighted by Crippen LogP contribution is 2.32. The van der Waals surface area contributed by atoms with E-state index < -0.39 is 0 Å². The molecule has 0 amide bonds. The maximum Gasteiger partial charge on any atom is 0.0108 e. The number of hydrogen-bond donors (Lipinski definition) is 1. The molecule has 2 fully saturated rings. The molecule has 2 heteroatoms. The third-order valence-corrected chi connectivity index (χ3v) is 5.28. The first kappa shape index (κ1) is 15.3. The van der Waals surface area contributed by atoms with Crippen LogP contribution in [0.3, 0.4) is 0 Å². The molecule has 1 aliphatic heterocycles. The van der Waals surface area contributed by atoms with Crippen molar-refractivity contribution in [3.05, 3.63) is 0 Å². The Balaban J connectivity index is 1.89. The summed E-state index contributed by atoms with van der Waals surface area (Å²) in [7, 11) is 0. The van der Waals surface area contributed by atoms with Gasteiger partial charge in [0.05, 0.1) is 0 Å². The van der Waals surface area contributed by atoms with E-state index in [0.29, 0.717) is 0 Å². The summed E-state index contributed by atoms with van der Waals surface area (Å²) in [4.78, 5) is 2.76. The van der Waals surface area contributed by atoms with Crippen LogP contribution in [0.1, 0.15) is 59.8 Å². The second kappa shape index (κ2) is 7.08. The Bertz CT molecular complexity index is 264. The molecule has 0 bridgehead atoms. The lowest BCUT2D eigenvalue weighted by molar-refractivity contribution is 0.140. The summed E-state index contributed by atoms with van der Waals surface area (Å²) in [5.41, 5.74) is 0. The van der Waals surface area contributed by atoms with Gasteiger partial charge in [0.15, 0.2) is 0 Å². The third kappa shape index (κ3) is 4.19. The summed E-state index contributed by atoms with van der Waals surface area (Å²) < 4.78 is 0. The Kier molecular flexibility index (Phi) is 5.70. The van der Waals surface area contributed by atoms with E-state index in [1.807, 2.05) is 0 Å². The molecule has 2 rings (SSSR count). The summed E-state index contributed by atoms with van der Waals surface area (Å²) in [6, 6.07) is 1.58. The van der Waals surface area contributed by atoms with Crippen molar-refractivity contribution >= 4 is 0 Å². The van der Waals surface area contributed by atoms with Gasteiger partial charge in [-0.2, -0.15) is 0 Å². The molecule has 1 heterocycles. The van der Waals surface area contributed by atoms with Crippen LogP contribution in [0.4, 0.5) is 0 Å². The summed E-state index contributed by atoms with van der Waals surface area (Å²) in [5, 5.41) is 3.82. The van der Waals surface area contributed by atoms with Crippen molar-refractivity contribution in [1.29, 1.82) is 0 Å². The molecule has 2 aliphatic rings. The van der Waals surface area contributed by atoms with Gasteiger partial charge in [-0.05, 0) is 63.3 Å². The predicted octanol–water partition coefficient (Wildman–Crippen LogP) is 3.52. The van der Waals surface area contributed by atoms with Crippen LogP contribution < -0.4 is 5.32 Å². The van der Waals surface area contributed by atoms with Crippen LogP contribution in [0.2, 0.25) is 0 Å². The van der Waals surface area contributed by atoms with Gasteiger partial charge in [0.1, 0.15) is 0 Å². The molecular formula is C17H34N2. The molecule has 1 aliphatic carbocycles. The fourth-order valence-electron chi connectivity index (χ4n) is 4.24. The van der Waals surface area contributed by atoms with Gasteiger partial charge in [0, 0.05) is 25.2 Å². The van der Waals surface area contributed by atoms with Crippen molar-refractivity contribution in [2.45, 2.75) is 71.9 Å². The van der Waals surface area contributed by atoms with Gasteiger partial charge in [-0.1, -0.05) is 20.8 Å². The van der Waals surface area contributed by atoms with E-state index in [1.54, 1.807) is 0 Å². The molecule has 0 radical (unpaired) electrons. The first-order valence-corrected chi connectivity index (χ1v) is 8.57. The van der Waals surface area contributed by atoms with Gasteiger partial charge in [-0.25, -0.2) is 0 Å². The molecule has 5 atom stereocenters. The first-order chi connectivity index (χ1) is 9.10. The van der Waals surface area contributed by atoms with Crippen molar-refractivity contribution < 1.29 is 0 Å². The van der Waals surface area contributed by atoms with Gasteiger partial charge in [-0.15, -0.1) is 0 Å². The number of nitrogens with zero attached hydrogens (tertiary/aromatic N) is 1. The first-order valence-electron chi connectivity index (χ1n) is 8.57. The lowest BCUT2D eigenvalue weighted by atomic mass is 9.78. The summed E-state index contributed by atoms with van der Waals surface area (Å²) in [5.74, 6) is 2.71. The van der Waals surface area contributed by atoms with Gasteiger partial charge in [0.25, 0.3) is 0 Å². The van der Waals surface area contributed by atoms with Crippen molar-refractivity contribution in [2.24, 2.45) is 17.8 Å². The number of nitrogens with one attached hydrogen (secondary N) is 1. The zero-order valence-corrected chi connectivity index (χ0v) is 13.5. The second-order valence-electron chi connectivity index (χ2n) is 7.38. The van der Waals surface area contributed by atoms with E-state index in [1.165, 1.54) is 51.7 Å². The Hall–Kier alpha value is -0.0800. The van der Waals surface area contributed by atoms with Crippen LogP contribution in [0.15, 0.2) is 0 Å². The summed E-state index contributed by atoms with van der Waals surface area (Å²) in [6.07, 6.45) is 6.90. The Morgan fingerprint density at radius 3 is 2.47 bits per heavy atom. The van der Waals surface area contributed by atoms with E-state index in [-0.39, 0.29) is 0 Å². The van der Waals surface area contributed by atoms with Crippen LogP contribution in [-0.2, 0) is 0 Å². The number of likely N-dealkylation sites (tertiary alicyclic amines) is 1. The van der Waals surface area contributed by atoms with Crippen molar-refractivity contribution in [2.75, 3.05) is 19.6 Å². The van der Waals surface area contributed by atoms with E-state index in [0.717, 1.165) is 29.8 Å². The highest BCUT2D eigenvalue weighted by Gasteiger charge is 2.33. The Morgan fingerprint density at radius 1 is 1.05 bits per heavy atom. The van der Waals surface area contributed by atoms with Crippen molar-refractivity contribution in [3.63, 3.8) is 0 Å². The fraction of sp³-hybridized carbons (Fsp3) is 1.00. The molecule has 2 nitrogen and oxygen atoms in total. The minimum Gasteiger partial charge on any atom is -0.314 e. The van der Waals surface area contributed by atoms with E-state index in [4.69, 9.17) is 0 Å². The maximum absolute atomic E-state index is 3.82. The van der Waals surface area contributed by atoms with Crippen LogP contribution in [0.25, 0.3) is 0 Å². The molecule has 19 heavy (non-hydrogen) atoms. The van der Waals surface area contributed by atoms with Gasteiger partial charge in [0.2, 0.25) is 0 Å². The molecule has 0 aromatic rings. The highest BCUT2D eigenvalue weighted by atomic mass is 15.2. The molecule has 0 aromatic carbocycles. The highest BCUT2D eigenvalue weighted by molar-refractivity contribution is 4.89. The molecule has 1 saturated carbocycles. The second-order valence-corrected chi connectivity index (χ2v) is 7.38. The van der Waals surface area contributed by atoms with E-state index in [2.05, 4.69) is 37.9 Å². The van der Waals surface area contributed by atoms with Crippen molar-refractivity contribution in [1.82, 2.24) is 10.2 Å². The molecule has 1 saturated heterocycles. The molecule has 0 spiro atoms. The SMILES string of the molecule is CCCNC1CCC(C)CC1CN1CC(C)CC1C. The van der Waals surface area contributed by atoms with Crippen molar-refractivity contribution in [3.8, 4) is 0 Å². The van der Waals surface area contributed by atoms with Gasteiger partial charge in [-0.3, -0.25) is 0 Å². The van der Waals surface area contributed by atoms with Crippen LogP contribution >= 0.6 is 0 Å². The molecule has 1 N–H and O–H groups in total. The van der Waals surface area contributed by atoms with Crippen LogP contribution in [0.5, 0.6) is 0 Å². The third-order valence-electron chi connectivity index (χ3n) is 5.28. The Morgan fingerprint density at radius 2 is 1.84 bits per heavy atom. The molecule has 5 unspecified atom stereocenters. The Labute approximate surface area is 120 Å². The largest absolute Gasteiger partial charge is 0.314 e. The van der Waals surface area contributed by atoms with Gasteiger partial charge < -0.3 is 10.2 Å². The smallest absolute Gasteiger partial charge is 0.0108 e. The van der Waals surface area contributed by atoms with Crippen LogP contribution in [0, 0.1) is 17.8 Å². The van der Waals surface area contributed by atoms with Crippen LogP contribution in [-0.4, -0.2) is 36.6 Å². The molecule has 112 valence electrons. The number of hydrogen-bond acceptors (Lipinski definition) is 2. The maximum atomic E-state index is 3.82. The standard InChI is InChI=1S/C17H34N2/c1-5-8-18-17-7-6-13(2)10-16(17)12-19-11-14(3)9-15(19)4/h13-18H,5-12H2,1-4H3. The molecular weight excluding hydrogens is 232 g/mol. The average Bonchev–Trinajstić information content (AvgIpc) is 2.67. The summed E-state index contributed by atoms with van der Waals surface area (Å²) >= 11 is 0. The zero-order valence-electron chi connectivity index (χ0n) is 13.5.